The number of aryl methyl sites for hydroxylation is 1. The van der Waals surface area contributed by atoms with Gasteiger partial charge in [-0.2, -0.15) is 0 Å². The summed E-state index contributed by atoms with van der Waals surface area (Å²) in [4.78, 5) is 27.3. The molecule has 0 radical (unpaired) electrons. The van der Waals surface area contributed by atoms with E-state index in [1.165, 1.54) is 12.7 Å². The van der Waals surface area contributed by atoms with Crippen LogP contribution in [0.4, 0.5) is 0 Å². The highest BCUT2D eigenvalue weighted by Gasteiger charge is 2.39. The van der Waals surface area contributed by atoms with Crippen molar-refractivity contribution in [1.29, 1.82) is 0 Å². The van der Waals surface area contributed by atoms with Gasteiger partial charge in [0.25, 0.3) is 5.56 Å². The average molecular weight is 325 g/mol. The second-order valence-electron chi connectivity index (χ2n) is 7.20. The molecule has 0 bridgehead atoms. The third-order valence-corrected chi connectivity index (χ3v) is 5.43. The molecule has 1 N–H and O–H groups in total. The molecule has 1 atom stereocenters. The molecular weight excluding hydrogens is 302 g/mol. The van der Waals surface area contributed by atoms with Crippen LogP contribution in [0.5, 0.6) is 0 Å². The summed E-state index contributed by atoms with van der Waals surface area (Å²) in [6, 6.07) is 8.07. The molecule has 126 valence electrons. The van der Waals surface area contributed by atoms with Crippen molar-refractivity contribution in [2.45, 2.75) is 39.5 Å². The molecule has 3 rings (SSSR count). The van der Waals surface area contributed by atoms with E-state index in [1.807, 2.05) is 6.92 Å². The predicted octanol–water partition coefficient (Wildman–Crippen LogP) is 3.61. The molecule has 0 saturated heterocycles. The largest absolute Gasteiger partial charge is 0.465 e. The number of fused-ring (bicyclic) bond motifs is 3. The number of aromatic amines is 1. The van der Waals surface area contributed by atoms with Crippen molar-refractivity contribution in [3.8, 4) is 11.3 Å². The number of pyridine rings is 1. The number of hydrogen-bond acceptors (Lipinski definition) is 3. The minimum absolute atomic E-state index is 0.0687. The molecule has 0 fully saturated rings. The quantitative estimate of drug-likeness (QED) is 0.858. The van der Waals surface area contributed by atoms with Crippen molar-refractivity contribution in [1.82, 2.24) is 4.98 Å². The molecule has 1 aliphatic carbocycles. The van der Waals surface area contributed by atoms with Crippen molar-refractivity contribution < 1.29 is 9.53 Å². The smallest absolute Gasteiger partial charge is 0.343 e. The molecule has 4 nitrogen and oxygen atoms in total. The summed E-state index contributed by atoms with van der Waals surface area (Å²) >= 11 is 0. The van der Waals surface area contributed by atoms with Crippen LogP contribution in [0, 0.1) is 12.8 Å². The van der Waals surface area contributed by atoms with Gasteiger partial charge in [0.2, 0.25) is 0 Å². The van der Waals surface area contributed by atoms with Crippen LogP contribution in [-0.2, 0) is 16.6 Å². The first kappa shape index (κ1) is 16.5. The number of H-pyrrole nitrogens is 1. The highest BCUT2D eigenvalue weighted by molar-refractivity contribution is 5.90. The topological polar surface area (TPSA) is 59.2 Å². The van der Waals surface area contributed by atoms with E-state index in [9.17, 15) is 9.59 Å². The second kappa shape index (κ2) is 5.62. The van der Waals surface area contributed by atoms with Gasteiger partial charge in [0, 0.05) is 11.0 Å². The average Bonchev–Trinajstić information content (AvgIpc) is 2.54. The summed E-state index contributed by atoms with van der Waals surface area (Å²) in [5, 5.41) is 0. The predicted molar refractivity (Wildman–Crippen MR) is 94.5 cm³/mol. The molecule has 1 unspecified atom stereocenters. The molecule has 24 heavy (non-hydrogen) atoms. The van der Waals surface area contributed by atoms with E-state index in [4.69, 9.17) is 4.74 Å². The van der Waals surface area contributed by atoms with Gasteiger partial charge in [-0.3, -0.25) is 4.79 Å². The lowest BCUT2D eigenvalue weighted by atomic mass is 9.64. The van der Waals surface area contributed by atoms with Crippen LogP contribution in [0.15, 0.2) is 29.1 Å². The summed E-state index contributed by atoms with van der Waals surface area (Å²) in [6.07, 6.45) is 0.875. The molecule has 2 aromatic rings. The Bertz CT molecular complexity index is 879. The summed E-state index contributed by atoms with van der Waals surface area (Å²) in [5.74, 6) is -0.248. The SMILES string of the molecule is COC(=O)c1cc2c([nH]c1=O)-c1cc(C)ccc1CC2(C)C(C)C. The third-order valence-electron chi connectivity index (χ3n) is 5.43. The molecule has 0 spiro atoms. The zero-order chi connectivity index (χ0) is 17.6. The number of methoxy groups -OCH3 is 1. The van der Waals surface area contributed by atoms with E-state index >= 15 is 0 Å². The Morgan fingerprint density at radius 3 is 2.62 bits per heavy atom. The monoisotopic (exact) mass is 325 g/mol. The van der Waals surface area contributed by atoms with Gasteiger partial charge in [-0.1, -0.05) is 38.5 Å². The van der Waals surface area contributed by atoms with Gasteiger partial charge >= 0.3 is 5.97 Å². The van der Waals surface area contributed by atoms with Gasteiger partial charge in [0.05, 0.1) is 12.8 Å². The molecule has 4 heteroatoms. The van der Waals surface area contributed by atoms with Gasteiger partial charge in [0.1, 0.15) is 5.56 Å². The summed E-state index contributed by atoms with van der Waals surface area (Å²) < 4.78 is 4.77. The van der Waals surface area contributed by atoms with Crippen molar-refractivity contribution in [3.63, 3.8) is 0 Å². The van der Waals surface area contributed by atoms with Gasteiger partial charge in [0.15, 0.2) is 0 Å². The van der Waals surface area contributed by atoms with Crippen LogP contribution in [0.25, 0.3) is 11.3 Å². The number of carbonyl (C=O) groups is 1. The Balaban J connectivity index is 2.36. The minimum Gasteiger partial charge on any atom is -0.465 e. The van der Waals surface area contributed by atoms with Gasteiger partial charge < -0.3 is 9.72 Å². The highest BCUT2D eigenvalue weighted by Crippen LogP contribution is 2.46. The van der Waals surface area contributed by atoms with Gasteiger partial charge in [-0.25, -0.2) is 4.79 Å². The fraction of sp³-hybridized carbons (Fsp3) is 0.400. The number of carbonyl (C=O) groups excluding carboxylic acids is 1. The van der Waals surface area contributed by atoms with Gasteiger partial charge in [-0.05, 0) is 42.5 Å². The second-order valence-corrected chi connectivity index (χ2v) is 7.20. The molecule has 1 aromatic carbocycles. The lowest BCUT2D eigenvalue weighted by Crippen LogP contribution is -2.37. The highest BCUT2D eigenvalue weighted by atomic mass is 16.5. The summed E-state index contributed by atoms with van der Waals surface area (Å²) in [6.45, 7) is 8.58. The number of hydrogen-bond donors (Lipinski definition) is 1. The first-order valence-electron chi connectivity index (χ1n) is 8.24. The lowest BCUT2D eigenvalue weighted by Gasteiger charge is -2.40. The molecule has 1 aliphatic rings. The van der Waals surface area contributed by atoms with Crippen LogP contribution in [0.3, 0.4) is 0 Å². The van der Waals surface area contributed by atoms with Crippen LogP contribution in [0.2, 0.25) is 0 Å². The van der Waals surface area contributed by atoms with E-state index in [0.29, 0.717) is 5.92 Å². The van der Waals surface area contributed by atoms with Crippen LogP contribution >= 0.6 is 0 Å². The van der Waals surface area contributed by atoms with Crippen molar-refractivity contribution >= 4 is 5.97 Å². The Morgan fingerprint density at radius 2 is 2.00 bits per heavy atom. The number of rotatable bonds is 2. The molecule has 1 aromatic heterocycles. The summed E-state index contributed by atoms with van der Waals surface area (Å²) in [7, 11) is 1.29. The zero-order valence-corrected chi connectivity index (χ0v) is 14.8. The van der Waals surface area contributed by atoms with Crippen molar-refractivity contribution in [2.75, 3.05) is 7.11 Å². The number of ether oxygens (including phenoxy) is 1. The molecular formula is C20H23NO3. The van der Waals surface area contributed by atoms with Crippen LogP contribution in [-0.4, -0.2) is 18.1 Å². The Kier molecular flexibility index (Phi) is 3.86. The van der Waals surface area contributed by atoms with Crippen LogP contribution < -0.4 is 5.56 Å². The normalized spacial score (nSPS) is 18.9. The fourth-order valence-corrected chi connectivity index (χ4v) is 3.54. The van der Waals surface area contributed by atoms with E-state index in [2.05, 4.69) is 44.0 Å². The molecule has 0 saturated carbocycles. The standard InChI is InChI=1S/C20H23NO3/c1-11(2)20(4)10-13-7-6-12(3)8-14(13)17-16(20)9-15(18(22)21-17)19(23)24-5/h6-9,11H,10H2,1-5H3,(H,21,22). The van der Waals surface area contributed by atoms with Crippen molar-refractivity contribution in [2.24, 2.45) is 5.92 Å². The fourth-order valence-electron chi connectivity index (χ4n) is 3.54. The molecule has 0 aliphatic heterocycles. The maximum absolute atomic E-state index is 12.4. The molecule has 0 amide bonds. The number of esters is 1. The number of nitrogens with one attached hydrogen (secondary N) is 1. The Morgan fingerprint density at radius 1 is 1.29 bits per heavy atom. The zero-order valence-electron chi connectivity index (χ0n) is 14.8. The Hall–Kier alpha value is -2.36. The maximum Gasteiger partial charge on any atom is 0.343 e. The number of benzene rings is 1. The van der Waals surface area contributed by atoms with Crippen molar-refractivity contribution in [3.05, 3.63) is 56.9 Å². The van der Waals surface area contributed by atoms with E-state index < -0.39 is 11.5 Å². The Labute approximate surface area is 141 Å². The van der Waals surface area contributed by atoms with Crippen LogP contribution in [0.1, 0.15) is 47.8 Å². The maximum atomic E-state index is 12.4. The van der Waals surface area contributed by atoms with E-state index in [1.54, 1.807) is 6.07 Å². The van der Waals surface area contributed by atoms with E-state index in [-0.39, 0.29) is 11.0 Å². The third kappa shape index (κ3) is 2.37. The number of aromatic nitrogens is 1. The van der Waals surface area contributed by atoms with E-state index in [0.717, 1.165) is 28.8 Å². The minimum atomic E-state index is -0.597. The first-order chi connectivity index (χ1) is 11.3. The molecule has 1 heterocycles. The van der Waals surface area contributed by atoms with Gasteiger partial charge in [-0.15, -0.1) is 0 Å². The first-order valence-corrected chi connectivity index (χ1v) is 8.24. The summed E-state index contributed by atoms with van der Waals surface area (Å²) in [5.41, 5.74) is 4.77. The lowest BCUT2D eigenvalue weighted by molar-refractivity contribution is 0.0598.